The number of rotatable bonds is 17. The van der Waals surface area contributed by atoms with E-state index in [1.807, 2.05) is 6.07 Å². The van der Waals surface area contributed by atoms with Crippen LogP contribution >= 0.6 is 12.6 Å². The lowest BCUT2D eigenvalue weighted by Crippen LogP contribution is -2.54. The highest BCUT2D eigenvalue weighted by Crippen LogP contribution is 2.24. The number of carbonyl (C=O) groups is 4. The van der Waals surface area contributed by atoms with Gasteiger partial charge in [-0.15, -0.1) is 0 Å². The van der Waals surface area contributed by atoms with Gasteiger partial charge in [0.15, 0.2) is 0 Å². The van der Waals surface area contributed by atoms with E-state index in [1.54, 1.807) is 52.0 Å². The Kier molecular flexibility index (Phi) is 16.3. The maximum atomic E-state index is 13.9. The van der Waals surface area contributed by atoms with E-state index in [2.05, 4.69) is 30.2 Å². The maximum absolute atomic E-state index is 13.9. The minimum absolute atomic E-state index is 0.0198. The molecule has 10 heteroatoms. The molecule has 2 atom stereocenters. The van der Waals surface area contributed by atoms with Crippen LogP contribution < -0.4 is 10.6 Å². The molecule has 1 rings (SSSR count). The van der Waals surface area contributed by atoms with Gasteiger partial charge in [0.25, 0.3) is 0 Å². The zero-order valence-electron chi connectivity index (χ0n) is 24.2. The molecule has 0 saturated carbocycles. The van der Waals surface area contributed by atoms with Crippen molar-refractivity contribution in [2.45, 2.75) is 97.2 Å². The largest absolute Gasteiger partial charge is 0.466 e. The summed E-state index contributed by atoms with van der Waals surface area (Å²) in [6.45, 7) is 9.73. The SMILES string of the molecule is CCCCCCCCN(C(=O)C(CS)NC(=O)OC(C)(C)C)C(C(=O)NCCC(=O)OCC)c1ccccc1. The van der Waals surface area contributed by atoms with Gasteiger partial charge in [-0.1, -0.05) is 69.4 Å². The van der Waals surface area contributed by atoms with E-state index in [0.29, 0.717) is 18.5 Å². The molecule has 0 spiro atoms. The molecule has 220 valence electrons. The molecule has 0 saturated heterocycles. The van der Waals surface area contributed by atoms with Crippen molar-refractivity contribution in [1.82, 2.24) is 15.5 Å². The lowest BCUT2D eigenvalue weighted by molar-refractivity contribution is -0.144. The monoisotopic (exact) mass is 565 g/mol. The molecular formula is C29H47N3O6S. The molecule has 2 unspecified atom stereocenters. The molecule has 1 aromatic rings. The van der Waals surface area contributed by atoms with E-state index < -0.39 is 41.6 Å². The first-order valence-corrected chi connectivity index (χ1v) is 14.6. The Bertz CT molecular complexity index is 891. The number of unbranched alkanes of at least 4 members (excludes halogenated alkanes) is 5. The van der Waals surface area contributed by atoms with Crippen molar-refractivity contribution in [2.75, 3.05) is 25.4 Å². The fourth-order valence-corrected chi connectivity index (χ4v) is 4.24. The first kappa shape index (κ1) is 34.3. The number of hydrogen-bond acceptors (Lipinski definition) is 7. The molecule has 0 aliphatic rings. The van der Waals surface area contributed by atoms with Gasteiger partial charge < -0.3 is 25.0 Å². The number of thiol groups is 1. The average Bonchev–Trinajstić information content (AvgIpc) is 2.87. The summed E-state index contributed by atoms with van der Waals surface area (Å²) in [5.74, 6) is -1.23. The van der Waals surface area contributed by atoms with Gasteiger partial charge in [-0.3, -0.25) is 14.4 Å². The van der Waals surface area contributed by atoms with Gasteiger partial charge in [0.05, 0.1) is 13.0 Å². The lowest BCUT2D eigenvalue weighted by Gasteiger charge is -2.34. The quantitative estimate of drug-likeness (QED) is 0.142. The van der Waals surface area contributed by atoms with Crippen LogP contribution in [0.1, 0.15) is 91.2 Å². The molecule has 39 heavy (non-hydrogen) atoms. The Balaban J connectivity index is 3.22. The minimum atomic E-state index is -0.998. The van der Waals surface area contributed by atoms with Gasteiger partial charge in [0.1, 0.15) is 17.7 Å². The van der Waals surface area contributed by atoms with Gasteiger partial charge >= 0.3 is 12.1 Å². The third-order valence-corrected chi connectivity index (χ3v) is 6.18. The van der Waals surface area contributed by atoms with Crippen LogP contribution in [0.25, 0.3) is 0 Å². The average molecular weight is 566 g/mol. The molecule has 3 amide bonds. The molecular weight excluding hydrogens is 518 g/mol. The Labute approximate surface area is 239 Å². The standard InChI is InChI=1S/C29H47N3O6S/c1-6-8-9-10-11-15-20-32(27(35)23(21-39)31-28(36)38-29(3,4)5)25(22-16-13-12-14-17-22)26(34)30-19-18-24(33)37-7-2/h12-14,16-17,23,25,39H,6-11,15,18-21H2,1-5H3,(H,30,34)(H,31,36). The van der Waals surface area contributed by atoms with Gasteiger partial charge in [0, 0.05) is 18.8 Å². The summed E-state index contributed by atoms with van der Waals surface area (Å²) in [4.78, 5) is 53.2. The van der Waals surface area contributed by atoms with Crippen molar-refractivity contribution < 1.29 is 28.7 Å². The fraction of sp³-hybridized carbons (Fsp3) is 0.655. The Morgan fingerprint density at radius 2 is 1.62 bits per heavy atom. The zero-order chi connectivity index (χ0) is 29.3. The number of hydrogen-bond donors (Lipinski definition) is 3. The van der Waals surface area contributed by atoms with Crippen LogP contribution in [0.15, 0.2) is 30.3 Å². The minimum Gasteiger partial charge on any atom is -0.466 e. The van der Waals surface area contributed by atoms with Gasteiger partial charge in [-0.05, 0) is 39.7 Å². The number of carbonyl (C=O) groups excluding carboxylic acids is 4. The number of alkyl carbamates (subject to hydrolysis) is 1. The number of nitrogens with zero attached hydrogens (tertiary/aromatic N) is 1. The Morgan fingerprint density at radius 1 is 0.974 bits per heavy atom. The zero-order valence-corrected chi connectivity index (χ0v) is 25.1. The summed E-state index contributed by atoms with van der Waals surface area (Å²) >= 11 is 4.32. The molecule has 0 bridgehead atoms. The highest BCUT2D eigenvalue weighted by atomic mass is 32.1. The number of amides is 3. The third-order valence-electron chi connectivity index (χ3n) is 5.82. The van der Waals surface area contributed by atoms with Gasteiger partial charge in [0.2, 0.25) is 11.8 Å². The van der Waals surface area contributed by atoms with E-state index in [0.717, 1.165) is 32.1 Å². The summed E-state index contributed by atoms with van der Waals surface area (Å²) in [7, 11) is 0. The molecule has 0 heterocycles. The Morgan fingerprint density at radius 3 is 2.21 bits per heavy atom. The summed E-state index contributed by atoms with van der Waals surface area (Å²) in [5, 5.41) is 5.41. The number of benzene rings is 1. The lowest BCUT2D eigenvalue weighted by atomic mass is 10.0. The molecule has 9 nitrogen and oxygen atoms in total. The Hall–Kier alpha value is -2.75. The van der Waals surface area contributed by atoms with Crippen LogP contribution in [-0.2, 0) is 23.9 Å². The van der Waals surface area contributed by atoms with E-state index in [1.165, 1.54) is 4.90 Å². The topological polar surface area (TPSA) is 114 Å². The normalized spacial score (nSPS) is 12.7. The molecule has 0 fully saturated rings. The summed E-state index contributed by atoms with van der Waals surface area (Å²) in [5.41, 5.74) is -0.113. The highest BCUT2D eigenvalue weighted by molar-refractivity contribution is 7.80. The molecule has 1 aromatic carbocycles. The summed E-state index contributed by atoms with van der Waals surface area (Å²) in [6, 6.07) is 7.05. The number of esters is 1. The first-order chi connectivity index (χ1) is 18.5. The third kappa shape index (κ3) is 13.7. The second-order valence-corrected chi connectivity index (χ2v) is 10.7. The van der Waals surface area contributed by atoms with Crippen molar-refractivity contribution >= 4 is 36.5 Å². The van der Waals surface area contributed by atoms with Crippen molar-refractivity contribution in [3.05, 3.63) is 35.9 Å². The van der Waals surface area contributed by atoms with Crippen LogP contribution in [0, 0.1) is 0 Å². The molecule has 2 N–H and O–H groups in total. The van der Waals surface area contributed by atoms with Crippen molar-refractivity contribution in [3.8, 4) is 0 Å². The van der Waals surface area contributed by atoms with E-state index in [4.69, 9.17) is 9.47 Å². The summed E-state index contributed by atoms with van der Waals surface area (Å²) in [6.07, 6.45) is 5.31. The van der Waals surface area contributed by atoms with Crippen LogP contribution in [0.2, 0.25) is 0 Å². The van der Waals surface area contributed by atoms with Crippen LogP contribution in [-0.4, -0.2) is 65.9 Å². The van der Waals surface area contributed by atoms with Gasteiger partial charge in [-0.25, -0.2) is 4.79 Å². The molecule has 0 aromatic heterocycles. The predicted molar refractivity (Wildman–Crippen MR) is 156 cm³/mol. The van der Waals surface area contributed by atoms with Crippen molar-refractivity contribution in [2.24, 2.45) is 0 Å². The number of nitrogens with one attached hydrogen (secondary N) is 2. The predicted octanol–water partition coefficient (Wildman–Crippen LogP) is 4.81. The van der Waals surface area contributed by atoms with Crippen molar-refractivity contribution in [3.63, 3.8) is 0 Å². The second-order valence-electron chi connectivity index (χ2n) is 10.3. The first-order valence-electron chi connectivity index (χ1n) is 13.9. The van der Waals surface area contributed by atoms with Crippen molar-refractivity contribution in [1.29, 1.82) is 0 Å². The maximum Gasteiger partial charge on any atom is 0.408 e. The fourth-order valence-electron chi connectivity index (χ4n) is 3.99. The van der Waals surface area contributed by atoms with Crippen LogP contribution in [0.3, 0.4) is 0 Å². The summed E-state index contributed by atoms with van der Waals surface area (Å²) < 4.78 is 10.3. The second kappa shape index (κ2) is 18.5. The number of ether oxygens (including phenoxy) is 2. The van der Waals surface area contributed by atoms with E-state index in [-0.39, 0.29) is 25.3 Å². The van der Waals surface area contributed by atoms with E-state index >= 15 is 0 Å². The highest BCUT2D eigenvalue weighted by Gasteiger charge is 2.35. The molecule has 0 aliphatic heterocycles. The molecule has 0 aliphatic carbocycles. The van der Waals surface area contributed by atoms with E-state index in [9.17, 15) is 19.2 Å². The van der Waals surface area contributed by atoms with Crippen LogP contribution in [0.5, 0.6) is 0 Å². The molecule has 0 radical (unpaired) electrons. The smallest absolute Gasteiger partial charge is 0.408 e. The van der Waals surface area contributed by atoms with Crippen LogP contribution in [0.4, 0.5) is 4.79 Å². The van der Waals surface area contributed by atoms with Gasteiger partial charge in [-0.2, -0.15) is 12.6 Å².